The lowest BCUT2D eigenvalue weighted by Gasteiger charge is -2.15. The molecule has 5 rings (SSSR count). The quantitative estimate of drug-likeness (QED) is 0.0670. The Hall–Kier alpha value is -4.86. The van der Waals surface area contributed by atoms with Gasteiger partial charge in [-0.1, -0.05) is 79.5 Å². The number of aryl methyl sites for hydroxylation is 1. The lowest BCUT2D eigenvalue weighted by Crippen LogP contribution is -2.42. The maximum atomic E-state index is 12.2. The highest BCUT2D eigenvalue weighted by atomic mass is 35.5. The fourth-order valence-corrected chi connectivity index (χ4v) is 4.96. The molecule has 1 aromatic heterocycles. The van der Waals surface area contributed by atoms with Crippen LogP contribution in [-0.2, 0) is 40.3 Å². The molecule has 0 unspecified atom stereocenters. The zero-order valence-electron chi connectivity index (χ0n) is 25.4. The second-order valence-electron chi connectivity index (χ2n) is 10.8. The highest BCUT2D eigenvalue weighted by Crippen LogP contribution is 2.27. The molecule has 4 aromatic carbocycles. The molecule has 0 aliphatic carbocycles. The fraction of sp³-hybridized carbons (Fsp3) is 0.250. The van der Waals surface area contributed by atoms with E-state index in [4.69, 9.17) is 35.5 Å². The van der Waals surface area contributed by atoms with E-state index in [-0.39, 0.29) is 19.6 Å². The van der Waals surface area contributed by atoms with Crippen molar-refractivity contribution in [3.63, 3.8) is 0 Å². The number of hydrogen-bond acceptors (Lipinski definition) is 7. The van der Waals surface area contributed by atoms with Crippen molar-refractivity contribution in [2.45, 2.75) is 51.7 Å². The third kappa shape index (κ3) is 9.09. The van der Waals surface area contributed by atoms with E-state index in [1.165, 1.54) is 0 Å². The van der Waals surface area contributed by atoms with E-state index in [0.29, 0.717) is 28.6 Å². The number of benzene rings is 4. The molecule has 46 heavy (non-hydrogen) atoms. The molecule has 5 aromatic rings. The van der Waals surface area contributed by atoms with Crippen LogP contribution in [0.4, 0.5) is 4.79 Å². The summed E-state index contributed by atoms with van der Waals surface area (Å²) in [5.41, 5.74) is 3.18. The van der Waals surface area contributed by atoms with Crippen LogP contribution in [0.1, 0.15) is 42.3 Å². The second-order valence-corrected chi connectivity index (χ2v) is 11.2. The van der Waals surface area contributed by atoms with Crippen LogP contribution < -0.4 is 10.2 Å². The van der Waals surface area contributed by atoms with Crippen molar-refractivity contribution in [3.05, 3.63) is 119 Å². The van der Waals surface area contributed by atoms with Gasteiger partial charge in [-0.15, -0.1) is 0 Å². The van der Waals surface area contributed by atoms with Crippen molar-refractivity contribution in [2.75, 3.05) is 6.61 Å². The van der Waals surface area contributed by atoms with Crippen LogP contribution in [-0.4, -0.2) is 34.8 Å². The number of amides is 1. The van der Waals surface area contributed by atoms with Gasteiger partial charge in [0.05, 0.1) is 12.3 Å². The third-order valence-electron chi connectivity index (χ3n) is 7.35. The maximum absolute atomic E-state index is 12.2. The summed E-state index contributed by atoms with van der Waals surface area (Å²) < 4.78 is 11.4. The molecule has 0 bridgehead atoms. The van der Waals surface area contributed by atoms with E-state index >= 15 is 0 Å². The summed E-state index contributed by atoms with van der Waals surface area (Å²) >= 11 is 5.86. The number of fused-ring (bicyclic) bond motifs is 1. The third-order valence-corrected chi connectivity index (χ3v) is 7.60. The summed E-state index contributed by atoms with van der Waals surface area (Å²) in [5, 5.41) is 14.9. The Morgan fingerprint density at radius 1 is 0.935 bits per heavy atom. The number of alkyl carbamates (subject to hydrolysis) is 1. The molecule has 1 heterocycles. The topological polar surface area (TPSA) is 120 Å². The van der Waals surface area contributed by atoms with Crippen molar-refractivity contribution in [2.24, 2.45) is 0 Å². The molecule has 0 radical (unpaired) electrons. The monoisotopic (exact) mass is 642 g/mol. The molecule has 0 fully saturated rings. The number of nitrogens with one attached hydrogen (secondary N) is 1. The molecular formula is C36H35ClN2O7. The van der Waals surface area contributed by atoms with Gasteiger partial charge in [0.2, 0.25) is 5.89 Å². The molecule has 1 amide bonds. The predicted octanol–water partition coefficient (Wildman–Crippen LogP) is 7.97. The standard InChI is InChI=1S/C36H35ClN2O7/c1-2-3-8-33-31(38-34(45-33)28-14-13-26-6-4-5-7-27(26)22-28)19-20-44-46-30-17-11-24(12-18-30)21-32(35(40)41)39-36(42)43-23-25-9-15-29(37)16-10-25/h4-7,9-18,22,32H,2-3,8,19-21,23H2,1H3,(H,39,42)(H,40,41)/t32-/m0/s1. The van der Waals surface area contributed by atoms with E-state index in [2.05, 4.69) is 36.5 Å². The summed E-state index contributed by atoms with van der Waals surface area (Å²) in [6.45, 7) is 2.39. The number of rotatable bonds is 15. The Kier molecular flexibility index (Phi) is 11.3. The first kappa shape index (κ1) is 32.5. The predicted molar refractivity (Wildman–Crippen MR) is 175 cm³/mol. The zero-order chi connectivity index (χ0) is 32.3. The molecule has 1 atom stereocenters. The number of halogens is 1. The van der Waals surface area contributed by atoms with Crippen LogP contribution in [0.15, 0.2) is 95.4 Å². The van der Waals surface area contributed by atoms with Crippen molar-refractivity contribution in [3.8, 4) is 17.2 Å². The van der Waals surface area contributed by atoms with E-state index in [1.807, 2.05) is 18.2 Å². The van der Waals surface area contributed by atoms with Crippen LogP contribution in [0.2, 0.25) is 5.02 Å². The smallest absolute Gasteiger partial charge is 0.408 e. The van der Waals surface area contributed by atoms with Gasteiger partial charge in [-0.2, -0.15) is 4.89 Å². The van der Waals surface area contributed by atoms with Gasteiger partial charge < -0.3 is 24.5 Å². The number of hydrogen-bond donors (Lipinski definition) is 2. The Morgan fingerprint density at radius 3 is 2.41 bits per heavy atom. The molecule has 0 aliphatic heterocycles. The summed E-state index contributed by atoms with van der Waals surface area (Å²) in [7, 11) is 0. The van der Waals surface area contributed by atoms with Crippen LogP contribution in [0.25, 0.3) is 22.2 Å². The van der Waals surface area contributed by atoms with E-state index in [9.17, 15) is 14.7 Å². The Bertz CT molecular complexity index is 1750. The molecule has 0 saturated carbocycles. The Morgan fingerprint density at radius 2 is 1.67 bits per heavy atom. The average Bonchev–Trinajstić information content (AvgIpc) is 3.48. The minimum atomic E-state index is -1.18. The number of nitrogens with zero attached hydrogens (tertiary/aromatic N) is 1. The van der Waals surface area contributed by atoms with Gasteiger partial charge >= 0.3 is 12.1 Å². The van der Waals surface area contributed by atoms with Crippen LogP contribution in [0.3, 0.4) is 0 Å². The summed E-state index contributed by atoms with van der Waals surface area (Å²) in [6.07, 6.45) is 2.56. The van der Waals surface area contributed by atoms with Gasteiger partial charge in [-0.3, -0.25) is 0 Å². The number of carboxylic acids is 1. The van der Waals surface area contributed by atoms with E-state index in [0.717, 1.165) is 52.6 Å². The first-order chi connectivity index (χ1) is 22.4. The van der Waals surface area contributed by atoms with Crippen LogP contribution in [0.5, 0.6) is 5.75 Å². The second kappa shape index (κ2) is 15.9. The van der Waals surface area contributed by atoms with Gasteiger partial charge in [0.15, 0.2) is 5.75 Å². The fourth-order valence-electron chi connectivity index (χ4n) is 4.84. The molecule has 0 saturated heterocycles. The average molecular weight is 643 g/mol. The molecule has 10 heteroatoms. The maximum Gasteiger partial charge on any atom is 0.408 e. The van der Waals surface area contributed by atoms with E-state index < -0.39 is 18.1 Å². The van der Waals surface area contributed by atoms with Gasteiger partial charge in [0.1, 0.15) is 18.4 Å². The summed E-state index contributed by atoms with van der Waals surface area (Å²) in [6, 6.07) is 26.8. The highest BCUT2D eigenvalue weighted by molar-refractivity contribution is 6.30. The normalized spacial score (nSPS) is 11.7. The molecule has 0 aliphatic rings. The molecule has 2 N–H and O–H groups in total. The number of aromatic nitrogens is 1. The molecular weight excluding hydrogens is 608 g/mol. The minimum Gasteiger partial charge on any atom is -0.480 e. The van der Waals surface area contributed by atoms with Crippen molar-refractivity contribution < 1.29 is 33.6 Å². The van der Waals surface area contributed by atoms with Gasteiger partial charge in [0, 0.05) is 29.8 Å². The highest BCUT2D eigenvalue weighted by Gasteiger charge is 2.21. The zero-order valence-corrected chi connectivity index (χ0v) is 26.2. The number of carbonyl (C=O) groups excluding carboxylic acids is 1. The first-order valence-electron chi connectivity index (χ1n) is 15.1. The summed E-state index contributed by atoms with van der Waals surface area (Å²) in [5.74, 6) is 0.719. The molecule has 0 spiro atoms. The lowest BCUT2D eigenvalue weighted by molar-refractivity contribution is -0.205. The van der Waals surface area contributed by atoms with Crippen molar-refractivity contribution in [1.29, 1.82) is 0 Å². The first-order valence-corrected chi connectivity index (χ1v) is 15.5. The van der Waals surface area contributed by atoms with Crippen molar-refractivity contribution in [1.82, 2.24) is 10.3 Å². The van der Waals surface area contributed by atoms with Gasteiger partial charge in [-0.05, 0) is 64.7 Å². The molecule has 9 nitrogen and oxygen atoms in total. The number of ether oxygens (including phenoxy) is 1. The number of oxazole rings is 1. The molecule has 238 valence electrons. The SMILES string of the molecule is CCCCc1oc(-c2ccc3ccccc3c2)nc1CCOOc1ccc(C[C@H](NC(=O)OCc2ccc(Cl)cc2)C(=O)O)cc1. The lowest BCUT2D eigenvalue weighted by atomic mass is 10.1. The number of carbonyl (C=O) groups is 2. The number of aliphatic carboxylic acids is 1. The number of carboxylic acid groups (broad SMARTS) is 1. The van der Waals surface area contributed by atoms with Gasteiger partial charge in [0.25, 0.3) is 0 Å². The van der Waals surface area contributed by atoms with Gasteiger partial charge in [-0.25, -0.2) is 14.6 Å². The number of unbranched alkanes of at least 4 members (excludes halogenated alkanes) is 1. The minimum absolute atomic E-state index is 0.0102. The van der Waals surface area contributed by atoms with Crippen LogP contribution >= 0.6 is 11.6 Å². The van der Waals surface area contributed by atoms with Crippen LogP contribution in [0, 0.1) is 0 Å². The largest absolute Gasteiger partial charge is 0.480 e. The Labute approximate surface area is 272 Å². The summed E-state index contributed by atoms with van der Waals surface area (Å²) in [4.78, 5) is 39.7. The van der Waals surface area contributed by atoms with E-state index in [1.54, 1.807) is 48.5 Å². The Balaban J connectivity index is 1.11. The van der Waals surface area contributed by atoms with Crippen molar-refractivity contribution >= 4 is 34.4 Å².